The topological polar surface area (TPSA) is 96.9 Å². The molecule has 84 heavy (non-hydrogen) atoms. The number of nitrogens with zero attached hydrogens (tertiary/aromatic N) is 5. The fourth-order valence-corrected chi connectivity index (χ4v) is 11.5. The van der Waals surface area contributed by atoms with E-state index in [0.29, 0.717) is 52.3 Å². The predicted molar refractivity (Wildman–Crippen MR) is 365 cm³/mol. The van der Waals surface area contributed by atoms with Gasteiger partial charge in [-0.25, -0.2) is 0 Å². The quantitative estimate of drug-likeness (QED) is 0.0365. The van der Waals surface area contributed by atoms with E-state index in [4.69, 9.17) is 9.84 Å². The fourth-order valence-electron chi connectivity index (χ4n) is 11.5. The summed E-state index contributed by atoms with van der Waals surface area (Å²) in [6.45, 7) is 24.6. The average molecular weight is 1190 g/mol. The van der Waals surface area contributed by atoms with E-state index in [1.165, 1.54) is 270 Å². The van der Waals surface area contributed by atoms with Gasteiger partial charge < -0.3 is 24.5 Å². The highest BCUT2D eigenvalue weighted by molar-refractivity contribution is 5.80. The van der Waals surface area contributed by atoms with Crippen LogP contribution < -0.4 is 0 Å². The first-order valence-corrected chi connectivity index (χ1v) is 37.1. The van der Waals surface area contributed by atoms with Crippen LogP contribution in [-0.2, 0) is 19.1 Å². The van der Waals surface area contributed by atoms with Crippen LogP contribution in [0.15, 0.2) is 24.3 Å². The summed E-state index contributed by atoms with van der Waals surface area (Å²) in [6, 6.07) is 0. The molecule has 0 atom stereocenters. The molecule has 1 aliphatic rings. The Balaban J connectivity index is 0.00000562. The third-order valence-corrected chi connectivity index (χ3v) is 17.2. The molecular formula is C74H145N5O5. The Labute approximate surface area is 523 Å². The molecule has 0 saturated carbocycles. The number of piperazine rings is 1. The molecule has 0 aromatic rings. The Hall–Kier alpha value is -2.27. The minimum absolute atomic E-state index is 0.162. The lowest BCUT2D eigenvalue weighted by Crippen LogP contribution is -2.54. The number of hydrogen-bond acceptors (Lipinski definition) is 8. The van der Waals surface area contributed by atoms with Crippen LogP contribution in [-0.4, -0.2) is 146 Å². The molecule has 0 bridgehead atoms. The minimum Gasteiger partial charge on any atom is -0.465 e. The SMILES string of the molecule is CCCCCC/C=C\CC(=O)OCCCN(CCCCCCCCCCCCCC)CC(=O)N1CCN(C(=O)CN(CCCCCCCCC)CCN(CCCCCCCCC)CCCCCCCCC)CC1.CCCCCC/C=C\CCO. The number of unbranched alkanes of at least 4 members (excludes halogenated alkanes) is 37. The summed E-state index contributed by atoms with van der Waals surface area (Å²) in [5.74, 6) is 0.224. The van der Waals surface area contributed by atoms with E-state index in [1.54, 1.807) is 0 Å². The van der Waals surface area contributed by atoms with E-state index in [2.05, 4.69) is 74.5 Å². The van der Waals surface area contributed by atoms with Gasteiger partial charge in [-0.05, 0) is 90.4 Å². The number of allylic oxidation sites excluding steroid dienone is 2. The Kier molecular flexibility index (Phi) is 64.9. The van der Waals surface area contributed by atoms with Crippen molar-refractivity contribution < 1.29 is 24.2 Å². The molecule has 1 saturated heterocycles. The van der Waals surface area contributed by atoms with Gasteiger partial charge in [-0.1, -0.05) is 291 Å². The van der Waals surface area contributed by atoms with Gasteiger partial charge in [0.2, 0.25) is 11.8 Å². The standard InChI is InChI=1S/C64H125N5O4.C10H20O/c1-6-11-16-21-26-27-28-29-30-35-40-44-50-66(52-46-59-73-64(72)47-41-36-31-22-17-12-7-2)60-62(70)68-55-57-69(58-56-68)63(71)61-67(51-45-39-34-25-20-15-10-5)54-53-65(48-42-37-32-23-18-13-8-3)49-43-38-33-24-19-14-9-4;1-2-3-4-5-6-7-8-9-10-11/h36,41H,6-35,37-40,42-61H2,1-5H3;7-8,11H,2-6,9-10H2,1H3/b41-36-;8-7-. The molecule has 0 aromatic carbocycles. The van der Waals surface area contributed by atoms with Crippen molar-refractivity contribution in [2.45, 2.75) is 337 Å². The first-order valence-electron chi connectivity index (χ1n) is 37.1. The van der Waals surface area contributed by atoms with Crippen molar-refractivity contribution in [1.29, 1.82) is 0 Å². The van der Waals surface area contributed by atoms with Gasteiger partial charge in [-0.15, -0.1) is 0 Å². The van der Waals surface area contributed by atoms with E-state index in [1.807, 2.05) is 15.9 Å². The number of esters is 1. The molecule has 0 aromatic heterocycles. The van der Waals surface area contributed by atoms with Crippen LogP contribution in [0, 0.1) is 0 Å². The molecule has 0 spiro atoms. The summed E-state index contributed by atoms with van der Waals surface area (Å²) in [7, 11) is 0. The van der Waals surface area contributed by atoms with Crippen molar-refractivity contribution in [3.05, 3.63) is 24.3 Å². The third-order valence-electron chi connectivity index (χ3n) is 17.2. The fraction of sp³-hybridized carbons (Fsp3) is 0.905. The van der Waals surface area contributed by atoms with Crippen molar-refractivity contribution in [3.8, 4) is 0 Å². The third kappa shape index (κ3) is 56.3. The van der Waals surface area contributed by atoms with Crippen LogP contribution in [0.25, 0.3) is 0 Å². The van der Waals surface area contributed by atoms with Crippen LogP contribution in [0.4, 0.5) is 0 Å². The molecule has 0 unspecified atom stereocenters. The highest BCUT2D eigenvalue weighted by atomic mass is 16.5. The number of aliphatic hydroxyl groups excluding tert-OH is 1. The highest BCUT2D eigenvalue weighted by Gasteiger charge is 2.26. The second-order valence-corrected chi connectivity index (χ2v) is 25.3. The second kappa shape index (κ2) is 66.7. The molecule has 1 heterocycles. The highest BCUT2D eigenvalue weighted by Crippen LogP contribution is 2.16. The zero-order valence-corrected chi connectivity index (χ0v) is 57.3. The van der Waals surface area contributed by atoms with Gasteiger partial charge in [0.25, 0.3) is 0 Å². The van der Waals surface area contributed by atoms with E-state index in [0.717, 1.165) is 64.8 Å². The van der Waals surface area contributed by atoms with Gasteiger partial charge in [0.05, 0.1) is 26.1 Å². The monoisotopic (exact) mass is 1180 g/mol. The summed E-state index contributed by atoms with van der Waals surface area (Å²) < 4.78 is 5.62. The Morgan fingerprint density at radius 3 is 0.964 bits per heavy atom. The average Bonchev–Trinajstić information content (AvgIpc) is 3.68. The van der Waals surface area contributed by atoms with Gasteiger partial charge in [0.15, 0.2) is 0 Å². The molecule has 2 amide bonds. The maximum Gasteiger partial charge on any atom is 0.309 e. The van der Waals surface area contributed by atoms with Crippen LogP contribution in [0.2, 0.25) is 0 Å². The van der Waals surface area contributed by atoms with Crippen molar-refractivity contribution in [3.63, 3.8) is 0 Å². The number of carbonyl (C=O) groups excluding carboxylic acids is 3. The lowest BCUT2D eigenvalue weighted by atomic mass is 10.1. The molecular weight excluding hydrogens is 1040 g/mol. The van der Waals surface area contributed by atoms with Gasteiger partial charge in [0.1, 0.15) is 0 Å². The maximum atomic E-state index is 14.1. The smallest absolute Gasteiger partial charge is 0.309 e. The van der Waals surface area contributed by atoms with Gasteiger partial charge in [-0.3, -0.25) is 24.2 Å². The van der Waals surface area contributed by atoms with Crippen LogP contribution in [0.1, 0.15) is 337 Å². The molecule has 0 aliphatic carbocycles. The number of ether oxygens (including phenoxy) is 1. The summed E-state index contributed by atoms with van der Waals surface area (Å²) in [5, 5.41) is 8.46. The van der Waals surface area contributed by atoms with Crippen molar-refractivity contribution in [1.82, 2.24) is 24.5 Å². The lowest BCUT2D eigenvalue weighted by Gasteiger charge is -2.37. The number of aliphatic hydroxyl groups is 1. The van der Waals surface area contributed by atoms with E-state index < -0.39 is 0 Å². The maximum absolute atomic E-state index is 14.1. The number of rotatable bonds is 62. The zero-order chi connectivity index (χ0) is 61.3. The molecule has 10 nitrogen and oxygen atoms in total. The largest absolute Gasteiger partial charge is 0.465 e. The summed E-state index contributed by atoms with van der Waals surface area (Å²) in [4.78, 5) is 52.0. The van der Waals surface area contributed by atoms with Crippen LogP contribution in [0.3, 0.4) is 0 Å². The molecule has 1 rings (SSSR count). The Morgan fingerprint density at radius 1 is 0.333 bits per heavy atom. The predicted octanol–water partition coefficient (Wildman–Crippen LogP) is 19.3. The number of carbonyl (C=O) groups is 3. The lowest BCUT2D eigenvalue weighted by molar-refractivity contribution is -0.143. The Morgan fingerprint density at radius 2 is 0.607 bits per heavy atom. The van der Waals surface area contributed by atoms with E-state index >= 15 is 0 Å². The molecule has 1 fully saturated rings. The van der Waals surface area contributed by atoms with E-state index in [9.17, 15) is 14.4 Å². The number of amides is 2. The molecule has 1 N–H and O–H groups in total. The van der Waals surface area contributed by atoms with Crippen molar-refractivity contribution >= 4 is 17.8 Å². The Bertz CT molecular complexity index is 1420. The first kappa shape index (κ1) is 81.7. The van der Waals surface area contributed by atoms with Crippen molar-refractivity contribution in [2.24, 2.45) is 0 Å². The second-order valence-electron chi connectivity index (χ2n) is 25.3. The molecule has 0 radical (unpaired) electrons. The zero-order valence-electron chi connectivity index (χ0n) is 57.3. The summed E-state index contributed by atoms with van der Waals surface area (Å²) in [6.07, 6.45) is 66.1. The normalized spacial score (nSPS) is 12.9. The summed E-state index contributed by atoms with van der Waals surface area (Å²) >= 11 is 0. The van der Waals surface area contributed by atoms with Gasteiger partial charge >= 0.3 is 5.97 Å². The van der Waals surface area contributed by atoms with Gasteiger partial charge in [-0.2, -0.15) is 0 Å². The van der Waals surface area contributed by atoms with E-state index in [-0.39, 0.29) is 24.4 Å². The van der Waals surface area contributed by atoms with Crippen molar-refractivity contribution in [2.75, 3.05) is 98.3 Å². The van der Waals surface area contributed by atoms with Gasteiger partial charge in [0, 0.05) is 52.4 Å². The van der Waals surface area contributed by atoms with Crippen LogP contribution in [0.5, 0.6) is 0 Å². The number of hydrogen-bond donors (Lipinski definition) is 1. The molecule has 496 valence electrons. The first-order chi connectivity index (χ1) is 41.3. The molecule has 1 aliphatic heterocycles. The van der Waals surface area contributed by atoms with Crippen LogP contribution >= 0.6 is 0 Å². The minimum atomic E-state index is -0.165. The summed E-state index contributed by atoms with van der Waals surface area (Å²) in [5.41, 5.74) is 0. The molecule has 10 heteroatoms.